The van der Waals surface area contributed by atoms with E-state index in [1.807, 2.05) is 13.8 Å². The molecule has 1 rings (SSSR count). The van der Waals surface area contributed by atoms with Crippen molar-refractivity contribution in [2.24, 2.45) is 0 Å². The number of nitrogens with one attached hydrogen (secondary N) is 2. The zero-order valence-electron chi connectivity index (χ0n) is 12.0. The van der Waals surface area contributed by atoms with Crippen molar-refractivity contribution >= 4 is 17.7 Å². The molecule has 1 atom stereocenters. The average molecular weight is 276 g/mol. The van der Waals surface area contributed by atoms with Crippen molar-refractivity contribution in [2.45, 2.75) is 33.2 Å². The molecule has 0 heterocycles. The second-order valence-corrected chi connectivity index (χ2v) is 4.36. The van der Waals surface area contributed by atoms with Gasteiger partial charge in [-0.3, -0.25) is 4.79 Å². The molecule has 5 nitrogen and oxygen atoms in total. The van der Waals surface area contributed by atoms with Crippen molar-refractivity contribution in [1.29, 1.82) is 0 Å². The fourth-order valence-corrected chi connectivity index (χ4v) is 1.41. The highest BCUT2D eigenvalue weighted by molar-refractivity contribution is 5.99. The zero-order valence-corrected chi connectivity index (χ0v) is 12.0. The number of carbonyl (C=O) groups excluding carboxylic acids is 2. The van der Waals surface area contributed by atoms with Gasteiger partial charge in [-0.05, 0) is 38.5 Å². The first-order valence-corrected chi connectivity index (χ1v) is 6.57. The summed E-state index contributed by atoms with van der Waals surface area (Å²) < 4.78 is 5.15. The minimum atomic E-state index is -0.503. The molecule has 20 heavy (non-hydrogen) atoms. The first kappa shape index (κ1) is 15.8. The summed E-state index contributed by atoms with van der Waals surface area (Å²) in [6.45, 7) is 5.63. The standard InChI is InChI=1S/C15H20N2O3/c1-4-7-14(18)17-12-8-6-9-13(10-12)20-15(19)16-11(3)5-2/h4,6-11H,5H2,1-3H3,(H,16,19)(H,17,18)/b7-4+. The SMILES string of the molecule is C/C=C/C(=O)Nc1cccc(OC(=O)NC(C)CC)c1. The number of anilines is 1. The van der Waals surface area contributed by atoms with Gasteiger partial charge < -0.3 is 15.4 Å². The Kier molecular flexibility index (Phi) is 6.29. The fourth-order valence-electron chi connectivity index (χ4n) is 1.41. The van der Waals surface area contributed by atoms with Crippen LogP contribution in [0.1, 0.15) is 27.2 Å². The Hall–Kier alpha value is -2.30. The molecule has 108 valence electrons. The van der Waals surface area contributed by atoms with E-state index in [1.165, 1.54) is 6.08 Å². The number of ether oxygens (including phenoxy) is 1. The highest BCUT2D eigenvalue weighted by Crippen LogP contribution is 2.17. The van der Waals surface area contributed by atoms with Gasteiger partial charge in [0.05, 0.1) is 0 Å². The molecule has 2 N–H and O–H groups in total. The maximum Gasteiger partial charge on any atom is 0.412 e. The lowest BCUT2D eigenvalue weighted by Crippen LogP contribution is -2.34. The number of benzene rings is 1. The second-order valence-electron chi connectivity index (χ2n) is 4.36. The summed E-state index contributed by atoms with van der Waals surface area (Å²) in [7, 11) is 0. The van der Waals surface area contributed by atoms with Gasteiger partial charge in [0.1, 0.15) is 5.75 Å². The number of hydrogen-bond acceptors (Lipinski definition) is 3. The molecule has 0 aliphatic rings. The van der Waals surface area contributed by atoms with Gasteiger partial charge in [0.25, 0.3) is 0 Å². The van der Waals surface area contributed by atoms with Gasteiger partial charge in [0.2, 0.25) is 5.91 Å². The highest BCUT2D eigenvalue weighted by atomic mass is 16.6. The van der Waals surface area contributed by atoms with Crippen molar-refractivity contribution < 1.29 is 14.3 Å². The number of allylic oxidation sites excluding steroid dienone is 1. The van der Waals surface area contributed by atoms with Crippen LogP contribution in [0.5, 0.6) is 5.75 Å². The van der Waals surface area contributed by atoms with Crippen LogP contribution in [-0.2, 0) is 4.79 Å². The Labute approximate surface area is 119 Å². The van der Waals surface area contributed by atoms with Crippen molar-refractivity contribution in [1.82, 2.24) is 5.32 Å². The largest absolute Gasteiger partial charge is 0.412 e. The first-order chi connectivity index (χ1) is 9.55. The van der Waals surface area contributed by atoms with E-state index in [-0.39, 0.29) is 11.9 Å². The fraction of sp³-hybridized carbons (Fsp3) is 0.333. The maximum absolute atomic E-state index is 11.6. The topological polar surface area (TPSA) is 67.4 Å². The Morgan fingerprint density at radius 1 is 1.40 bits per heavy atom. The van der Waals surface area contributed by atoms with E-state index < -0.39 is 6.09 Å². The Morgan fingerprint density at radius 2 is 2.15 bits per heavy atom. The lowest BCUT2D eigenvalue weighted by atomic mass is 10.3. The average Bonchev–Trinajstić information content (AvgIpc) is 2.38. The molecular weight excluding hydrogens is 256 g/mol. The van der Waals surface area contributed by atoms with E-state index in [1.54, 1.807) is 37.3 Å². The summed E-state index contributed by atoms with van der Waals surface area (Å²) in [4.78, 5) is 23.0. The lowest BCUT2D eigenvalue weighted by molar-refractivity contribution is -0.111. The third kappa shape index (κ3) is 5.56. The normalized spacial score (nSPS) is 11.9. The van der Waals surface area contributed by atoms with Crippen molar-refractivity contribution in [3.63, 3.8) is 0 Å². The van der Waals surface area contributed by atoms with Crippen LogP contribution in [0.4, 0.5) is 10.5 Å². The summed E-state index contributed by atoms with van der Waals surface area (Å²) in [6.07, 6.45) is 3.39. The Balaban J connectivity index is 2.64. The molecule has 1 unspecified atom stereocenters. The summed E-state index contributed by atoms with van der Waals surface area (Å²) >= 11 is 0. The summed E-state index contributed by atoms with van der Waals surface area (Å²) in [6, 6.07) is 6.73. The van der Waals surface area contributed by atoms with Crippen LogP contribution in [-0.4, -0.2) is 18.0 Å². The Morgan fingerprint density at radius 3 is 2.80 bits per heavy atom. The molecule has 1 aromatic rings. The van der Waals surface area contributed by atoms with E-state index >= 15 is 0 Å². The predicted octanol–water partition coefficient (Wildman–Crippen LogP) is 3.09. The molecule has 2 amide bonds. The third-order valence-electron chi connectivity index (χ3n) is 2.61. The van der Waals surface area contributed by atoms with Gasteiger partial charge in [0, 0.05) is 17.8 Å². The second kappa shape index (κ2) is 7.99. The monoisotopic (exact) mass is 276 g/mol. The van der Waals surface area contributed by atoms with Gasteiger partial charge in [-0.2, -0.15) is 0 Å². The molecule has 1 aromatic carbocycles. The molecule has 0 spiro atoms. The van der Waals surface area contributed by atoms with Gasteiger partial charge in [0.15, 0.2) is 0 Å². The molecule has 0 fully saturated rings. The van der Waals surface area contributed by atoms with Crippen LogP contribution in [0, 0.1) is 0 Å². The van der Waals surface area contributed by atoms with Gasteiger partial charge in [-0.15, -0.1) is 0 Å². The zero-order chi connectivity index (χ0) is 15.0. The number of amides is 2. The minimum absolute atomic E-state index is 0.0556. The van der Waals surface area contributed by atoms with E-state index in [2.05, 4.69) is 10.6 Å². The molecule has 0 saturated heterocycles. The van der Waals surface area contributed by atoms with Gasteiger partial charge in [-0.1, -0.05) is 19.1 Å². The molecule has 0 aliphatic heterocycles. The van der Waals surface area contributed by atoms with Crippen LogP contribution in [0.3, 0.4) is 0 Å². The predicted molar refractivity (Wildman–Crippen MR) is 78.8 cm³/mol. The summed E-state index contributed by atoms with van der Waals surface area (Å²) in [5, 5.41) is 5.37. The molecule has 5 heteroatoms. The van der Waals surface area contributed by atoms with Crippen molar-refractivity contribution in [3.8, 4) is 5.75 Å². The van der Waals surface area contributed by atoms with Crippen molar-refractivity contribution in [3.05, 3.63) is 36.4 Å². The van der Waals surface area contributed by atoms with Crippen molar-refractivity contribution in [2.75, 3.05) is 5.32 Å². The third-order valence-corrected chi connectivity index (χ3v) is 2.61. The summed E-state index contributed by atoms with van der Waals surface area (Å²) in [5.74, 6) is 0.151. The number of rotatable bonds is 5. The van der Waals surface area contributed by atoms with Crippen LogP contribution in [0.15, 0.2) is 36.4 Å². The highest BCUT2D eigenvalue weighted by Gasteiger charge is 2.08. The van der Waals surface area contributed by atoms with Gasteiger partial charge in [-0.25, -0.2) is 4.79 Å². The van der Waals surface area contributed by atoms with Crippen LogP contribution in [0.2, 0.25) is 0 Å². The van der Waals surface area contributed by atoms with E-state index in [0.29, 0.717) is 11.4 Å². The first-order valence-electron chi connectivity index (χ1n) is 6.57. The molecule has 0 bridgehead atoms. The molecule has 0 radical (unpaired) electrons. The summed E-state index contributed by atoms with van der Waals surface area (Å²) in [5.41, 5.74) is 0.571. The molecule has 0 aliphatic carbocycles. The molecular formula is C15H20N2O3. The van der Waals surface area contributed by atoms with E-state index in [9.17, 15) is 9.59 Å². The minimum Gasteiger partial charge on any atom is -0.410 e. The van der Waals surface area contributed by atoms with E-state index in [0.717, 1.165) is 6.42 Å². The van der Waals surface area contributed by atoms with Crippen LogP contribution in [0.25, 0.3) is 0 Å². The lowest BCUT2D eigenvalue weighted by Gasteiger charge is -2.12. The molecule has 0 saturated carbocycles. The quantitative estimate of drug-likeness (QED) is 0.812. The number of hydrogen-bond donors (Lipinski definition) is 2. The number of carbonyl (C=O) groups is 2. The van der Waals surface area contributed by atoms with Crippen LogP contribution >= 0.6 is 0 Å². The smallest absolute Gasteiger partial charge is 0.410 e. The maximum atomic E-state index is 11.6. The van der Waals surface area contributed by atoms with Gasteiger partial charge >= 0.3 is 6.09 Å². The molecule has 0 aromatic heterocycles. The van der Waals surface area contributed by atoms with Crippen LogP contribution < -0.4 is 15.4 Å². The van der Waals surface area contributed by atoms with E-state index in [4.69, 9.17) is 4.74 Å². The Bertz CT molecular complexity index is 498.